The number of nitrogens with zero attached hydrogens (tertiary/aromatic N) is 1. The molecule has 3 rings (SSSR count). The SMILES string of the molecule is COc1cccc(C(=O)Nc2cccc(SCC(=O)Nc3ccccn3)c2)c1. The number of nitrogens with one attached hydrogen (secondary N) is 2. The fraction of sp³-hybridized carbons (Fsp3) is 0.0952. The summed E-state index contributed by atoms with van der Waals surface area (Å²) in [6.45, 7) is 0. The van der Waals surface area contributed by atoms with Crippen LogP contribution in [0, 0.1) is 0 Å². The van der Waals surface area contributed by atoms with E-state index < -0.39 is 0 Å². The molecule has 0 saturated heterocycles. The Hall–Kier alpha value is -3.32. The van der Waals surface area contributed by atoms with Crippen LogP contribution in [0.1, 0.15) is 10.4 Å². The van der Waals surface area contributed by atoms with Crippen molar-refractivity contribution in [2.75, 3.05) is 23.5 Å². The Kier molecular flexibility index (Phi) is 6.64. The third-order valence-electron chi connectivity index (χ3n) is 3.73. The molecule has 2 N–H and O–H groups in total. The highest BCUT2D eigenvalue weighted by Gasteiger charge is 2.09. The average molecular weight is 393 g/mol. The molecule has 0 aliphatic rings. The first-order chi connectivity index (χ1) is 13.6. The van der Waals surface area contributed by atoms with Crippen molar-refractivity contribution >= 4 is 35.1 Å². The minimum absolute atomic E-state index is 0.144. The van der Waals surface area contributed by atoms with Crippen LogP contribution in [0.2, 0.25) is 0 Å². The summed E-state index contributed by atoms with van der Waals surface area (Å²) < 4.78 is 5.15. The number of rotatable bonds is 7. The second kappa shape index (κ2) is 9.57. The van der Waals surface area contributed by atoms with Gasteiger partial charge in [-0.1, -0.05) is 18.2 Å². The van der Waals surface area contributed by atoms with Gasteiger partial charge in [-0.3, -0.25) is 9.59 Å². The molecule has 1 heterocycles. The third kappa shape index (κ3) is 5.59. The van der Waals surface area contributed by atoms with Gasteiger partial charge >= 0.3 is 0 Å². The minimum atomic E-state index is -0.228. The monoisotopic (exact) mass is 393 g/mol. The van der Waals surface area contributed by atoms with Crippen LogP contribution in [0.25, 0.3) is 0 Å². The highest BCUT2D eigenvalue weighted by Crippen LogP contribution is 2.22. The largest absolute Gasteiger partial charge is 0.497 e. The maximum absolute atomic E-state index is 12.4. The van der Waals surface area contributed by atoms with Gasteiger partial charge in [0.2, 0.25) is 5.91 Å². The van der Waals surface area contributed by atoms with Crippen LogP contribution in [-0.2, 0) is 4.79 Å². The maximum atomic E-state index is 12.4. The highest BCUT2D eigenvalue weighted by atomic mass is 32.2. The summed E-state index contributed by atoms with van der Waals surface area (Å²) in [5.41, 5.74) is 1.16. The predicted molar refractivity (Wildman–Crippen MR) is 111 cm³/mol. The predicted octanol–water partition coefficient (Wildman–Crippen LogP) is 4.07. The number of carbonyl (C=O) groups excluding carboxylic acids is 2. The Balaban J connectivity index is 1.57. The first-order valence-corrected chi connectivity index (χ1v) is 9.52. The van der Waals surface area contributed by atoms with Gasteiger partial charge in [0.1, 0.15) is 11.6 Å². The first kappa shape index (κ1) is 19.4. The molecule has 0 fully saturated rings. The van der Waals surface area contributed by atoms with Crippen LogP contribution in [0.4, 0.5) is 11.5 Å². The zero-order valence-electron chi connectivity index (χ0n) is 15.2. The number of aromatic nitrogens is 1. The van der Waals surface area contributed by atoms with Crippen LogP contribution >= 0.6 is 11.8 Å². The second-order valence-corrected chi connectivity index (χ2v) is 6.81. The van der Waals surface area contributed by atoms with Gasteiger partial charge in [-0.2, -0.15) is 0 Å². The molecule has 1 aromatic heterocycles. The van der Waals surface area contributed by atoms with E-state index in [0.29, 0.717) is 22.8 Å². The van der Waals surface area contributed by atoms with E-state index in [9.17, 15) is 9.59 Å². The van der Waals surface area contributed by atoms with Crippen LogP contribution in [0.3, 0.4) is 0 Å². The summed E-state index contributed by atoms with van der Waals surface area (Å²) >= 11 is 1.38. The number of methoxy groups -OCH3 is 1. The molecule has 0 aliphatic carbocycles. The summed E-state index contributed by atoms with van der Waals surface area (Å²) in [4.78, 5) is 29.4. The molecule has 6 nitrogen and oxygen atoms in total. The number of benzene rings is 2. The summed E-state index contributed by atoms with van der Waals surface area (Å²) in [7, 11) is 1.56. The minimum Gasteiger partial charge on any atom is -0.497 e. The molecule has 7 heteroatoms. The summed E-state index contributed by atoms with van der Waals surface area (Å²) in [6.07, 6.45) is 1.62. The number of anilines is 2. The van der Waals surface area contributed by atoms with E-state index in [0.717, 1.165) is 4.90 Å². The van der Waals surface area contributed by atoms with E-state index in [4.69, 9.17) is 4.74 Å². The van der Waals surface area contributed by atoms with Crippen molar-refractivity contribution in [3.63, 3.8) is 0 Å². The Labute approximate surface area is 167 Å². The number of ether oxygens (including phenoxy) is 1. The van der Waals surface area contributed by atoms with Crippen LogP contribution in [0.5, 0.6) is 5.75 Å². The molecule has 0 unspecified atom stereocenters. The van der Waals surface area contributed by atoms with Gasteiger partial charge in [0, 0.05) is 22.3 Å². The Morgan fingerprint density at radius 3 is 2.64 bits per heavy atom. The Morgan fingerprint density at radius 1 is 1.00 bits per heavy atom. The van der Waals surface area contributed by atoms with Crippen LogP contribution < -0.4 is 15.4 Å². The van der Waals surface area contributed by atoms with E-state index in [2.05, 4.69) is 15.6 Å². The number of carbonyl (C=O) groups is 2. The zero-order valence-corrected chi connectivity index (χ0v) is 16.0. The molecular formula is C21H19N3O3S. The lowest BCUT2D eigenvalue weighted by Gasteiger charge is -2.09. The topological polar surface area (TPSA) is 80.3 Å². The summed E-state index contributed by atoms with van der Waals surface area (Å²) in [5.74, 6) is 1.01. The lowest BCUT2D eigenvalue weighted by molar-refractivity contribution is -0.113. The number of amides is 2. The van der Waals surface area contributed by atoms with Gasteiger partial charge in [0.25, 0.3) is 5.91 Å². The molecule has 142 valence electrons. The van der Waals surface area contributed by atoms with E-state index in [-0.39, 0.29) is 17.6 Å². The molecule has 0 spiro atoms. The van der Waals surface area contributed by atoms with Crippen molar-refractivity contribution in [1.29, 1.82) is 0 Å². The maximum Gasteiger partial charge on any atom is 0.255 e. The molecular weight excluding hydrogens is 374 g/mol. The van der Waals surface area contributed by atoms with Gasteiger partial charge in [-0.25, -0.2) is 4.98 Å². The van der Waals surface area contributed by atoms with Crippen molar-refractivity contribution in [3.8, 4) is 5.75 Å². The number of thioether (sulfide) groups is 1. The standard InChI is InChI=1S/C21H19N3O3S/c1-27-17-8-4-6-15(12-17)21(26)23-16-7-5-9-18(13-16)28-14-20(25)24-19-10-2-3-11-22-19/h2-13H,14H2,1H3,(H,23,26)(H,22,24,25). The second-order valence-electron chi connectivity index (χ2n) is 5.77. The summed E-state index contributed by atoms with van der Waals surface area (Å²) in [5, 5.41) is 5.60. The van der Waals surface area contributed by atoms with Gasteiger partial charge in [0.15, 0.2) is 0 Å². The molecule has 0 aliphatic heterocycles. The third-order valence-corrected chi connectivity index (χ3v) is 4.72. The Morgan fingerprint density at radius 2 is 1.86 bits per heavy atom. The van der Waals surface area contributed by atoms with Crippen molar-refractivity contribution in [3.05, 3.63) is 78.5 Å². The van der Waals surface area contributed by atoms with Gasteiger partial charge in [-0.05, 0) is 48.5 Å². The van der Waals surface area contributed by atoms with Crippen molar-refractivity contribution in [1.82, 2.24) is 4.98 Å². The highest BCUT2D eigenvalue weighted by molar-refractivity contribution is 8.00. The molecule has 2 aromatic carbocycles. The number of hydrogen-bond donors (Lipinski definition) is 2. The summed E-state index contributed by atoms with van der Waals surface area (Å²) in [6, 6.07) is 19.6. The molecule has 0 atom stereocenters. The molecule has 3 aromatic rings. The fourth-order valence-electron chi connectivity index (χ4n) is 2.40. The average Bonchev–Trinajstić information content (AvgIpc) is 2.73. The normalized spacial score (nSPS) is 10.2. The van der Waals surface area contributed by atoms with E-state index in [1.165, 1.54) is 11.8 Å². The van der Waals surface area contributed by atoms with E-state index >= 15 is 0 Å². The molecule has 2 amide bonds. The lowest BCUT2D eigenvalue weighted by atomic mass is 10.2. The zero-order chi connectivity index (χ0) is 19.8. The van der Waals surface area contributed by atoms with Crippen molar-refractivity contribution in [2.24, 2.45) is 0 Å². The lowest BCUT2D eigenvalue weighted by Crippen LogP contribution is -2.14. The number of pyridine rings is 1. The molecule has 0 bridgehead atoms. The van der Waals surface area contributed by atoms with Crippen LogP contribution in [-0.4, -0.2) is 29.7 Å². The van der Waals surface area contributed by atoms with E-state index in [1.807, 2.05) is 24.3 Å². The van der Waals surface area contributed by atoms with Crippen molar-refractivity contribution in [2.45, 2.75) is 4.90 Å². The quantitative estimate of drug-likeness (QED) is 0.592. The van der Waals surface area contributed by atoms with E-state index in [1.54, 1.807) is 55.8 Å². The first-order valence-electron chi connectivity index (χ1n) is 8.53. The molecule has 28 heavy (non-hydrogen) atoms. The number of hydrogen-bond acceptors (Lipinski definition) is 5. The van der Waals surface area contributed by atoms with Gasteiger partial charge < -0.3 is 15.4 Å². The smallest absolute Gasteiger partial charge is 0.255 e. The van der Waals surface area contributed by atoms with Crippen molar-refractivity contribution < 1.29 is 14.3 Å². The van der Waals surface area contributed by atoms with Gasteiger partial charge in [0.05, 0.1) is 12.9 Å². The molecule has 0 radical (unpaired) electrons. The molecule has 0 saturated carbocycles. The fourth-order valence-corrected chi connectivity index (χ4v) is 3.15. The van der Waals surface area contributed by atoms with Gasteiger partial charge in [-0.15, -0.1) is 11.8 Å². The van der Waals surface area contributed by atoms with Crippen LogP contribution in [0.15, 0.2) is 77.8 Å². The Bertz CT molecular complexity index is 964.